The first kappa shape index (κ1) is 14.7. The minimum atomic E-state index is 0.152. The van der Waals surface area contributed by atoms with Crippen molar-refractivity contribution in [3.63, 3.8) is 0 Å². The average Bonchev–Trinajstić information content (AvgIpc) is 3.16. The lowest BCUT2D eigenvalue weighted by Gasteiger charge is -2.08. The lowest BCUT2D eigenvalue weighted by atomic mass is 10.2. The standard InChI is InChI=1S/C14H25N5O/c1-3-5-11-13(15)14(19(2)18-11)16-9-4-6-12(20)17-10-7-8-10/h10,16H,3-9,15H2,1-2H3,(H,17,20). The quantitative estimate of drug-likeness (QED) is 0.628. The van der Waals surface area contributed by atoms with Crippen LogP contribution in [0.2, 0.25) is 0 Å². The van der Waals surface area contributed by atoms with Crippen molar-refractivity contribution in [2.24, 2.45) is 7.05 Å². The molecule has 20 heavy (non-hydrogen) atoms. The third-order valence-corrected chi connectivity index (χ3v) is 3.46. The van der Waals surface area contributed by atoms with Crippen LogP contribution in [-0.4, -0.2) is 28.3 Å². The van der Waals surface area contributed by atoms with Gasteiger partial charge in [-0.3, -0.25) is 9.48 Å². The van der Waals surface area contributed by atoms with Crippen molar-refractivity contribution < 1.29 is 4.79 Å². The molecule has 0 aromatic carbocycles. The SMILES string of the molecule is CCCc1nn(C)c(NCCCC(=O)NC2CC2)c1N. The first-order valence-electron chi connectivity index (χ1n) is 7.46. The van der Waals surface area contributed by atoms with E-state index in [9.17, 15) is 4.79 Å². The molecule has 6 nitrogen and oxygen atoms in total. The number of nitrogens with one attached hydrogen (secondary N) is 2. The van der Waals surface area contributed by atoms with Crippen LogP contribution in [0.3, 0.4) is 0 Å². The maximum atomic E-state index is 11.5. The predicted octanol–water partition coefficient (Wildman–Crippen LogP) is 1.43. The minimum Gasteiger partial charge on any atom is -0.394 e. The van der Waals surface area contributed by atoms with Crippen molar-refractivity contribution in [3.8, 4) is 0 Å². The summed E-state index contributed by atoms with van der Waals surface area (Å²) >= 11 is 0. The molecular formula is C14H25N5O. The fraction of sp³-hybridized carbons (Fsp3) is 0.714. The zero-order chi connectivity index (χ0) is 14.5. The Labute approximate surface area is 120 Å². The highest BCUT2D eigenvalue weighted by Crippen LogP contribution is 2.23. The summed E-state index contributed by atoms with van der Waals surface area (Å²) in [5.41, 5.74) is 7.76. The summed E-state index contributed by atoms with van der Waals surface area (Å²) in [6.45, 7) is 2.84. The van der Waals surface area contributed by atoms with E-state index in [1.165, 1.54) is 0 Å². The average molecular weight is 279 g/mol. The van der Waals surface area contributed by atoms with Crippen molar-refractivity contribution in [1.82, 2.24) is 15.1 Å². The smallest absolute Gasteiger partial charge is 0.220 e. The Hall–Kier alpha value is -1.72. The van der Waals surface area contributed by atoms with Gasteiger partial charge in [-0.1, -0.05) is 13.3 Å². The van der Waals surface area contributed by atoms with Gasteiger partial charge in [0.15, 0.2) is 0 Å². The molecule has 1 aliphatic carbocycles. The van der Waals surface area contributed by atoms with Crippen LogP contribution in [0.15, 0.2) is 0 Å². The van der Waals surface area contributed by atoms with Gasteiger partial charge in [-0.05, 0) is 25.7 Å². The maximum absolute atomic E-state index is 11.5. The molecule has 0 atom stereocenters. The van der Waals surface area contributed by atoms with Crippen molar-refractivity contribution >= 4 is 17.4 Å². The molecule has 0 unspecified atom stereocenters. The van der Waals surface area contributed by atoms with Crippen molar-refractivity contribution in [1.29, 1.82) is 0 Å². The van der Waals surface area contributed by atoms with E-state index in [1.807, 2.05) is 7.05 Å². The van der Waals surface area contributed by atoms with Gasteiger partial charge in [0.1, 0.15) is 5.82 Å². The lowest BCUT2D eigenvalue weighted by molar-refractivity contribution is -0.121. The highest BCUT2D eigenvalue weighted by atomic mass is 16.1. The van der Waals surface area contributed by atoms with Crippen molar-refractivity contribution in [2.45, 2.75) is 51.5 Å². The number of anilines is 2. The molecule has 1 aliphatic rings. The van der Waals surface area contributed by atoms with Crippen LogP contribution in [-0.2, 0) is 18.3 Å². The van der Waals surface area contributed by atoms with Crippen LogP contribution < -0.4 is 16.4 Å². The summed E-state index contributed by atoms with van der Waals surface area (Å²) < 4.78 is 1.78. The predicted molar refractivity (Wildman–Crippen MR) is 80.5 cm³/mol. The Bertz CT molecular complexity index is 464. The second kappa shape index (κ2) is 6.63. The van der Waals surface area contributed by atoms with E-state index < -0.39 is 0 Å². The summed E-state index contributed by atoms with van der Waals surface area (Å²) in [7, 11) is 1.89. The summed E-state index contributed by atoms with van der Waals surface area (Å²) in [6.07, 6.45) is 5.55. The van der Waals surface area contributed by atoms with E-state index in [2.05, 4.69) is 22.7 Å². The van der Waals surface area contributed by atoms with E-state index in [0.717, 1.165) is 55.8 Å². The van der Waals surface area contributed by atoms with Crippen LogP contribution in [0.1, 0.15) is 44.7 Å². The highest BCUT2D eigenvalue weighted by molar-refractivity contribution is 5.76. The molecule has 1 saturated carbocycles. The molecule has 4 N–H and O–H groups in total. The van der Waals surface area contributed by atoms with E-state index in [-0.39, 0.29) is 5.91 Å². The first-order valence-corrected chi connectivity index (χ1v) is 7.46. The van der Waals surface area contributed by atoms with Gasteiger partial charge in [0.25, 0.3) is 0 Å². The van der Waals surface area contributed by atoms with Crippen molar-refractivity contribution in [3.05, 3.63) is 5.69 Å². The van der Waals surface area contributed by atoms with Crippen LogP contribution in [0.4, 0.5) is 11.5 Å². The Morgan fingerprint density at radius 3 is 2.90 bits per heavy atom. The second-order valence-corrected chi connectivity index (χ2v) is 5.45. The summed E-state index contributed by atoms with van der Waals surface area (Å²) in [5, 5.41) is 10.7. The van der Waals surface area contributed by atoms with Gasteiger partial charge in [0.2, 0.25) is 5.91 Å². The number of aromatic nitrogens is 2. The normalized spacial score (nSPS) is 14.3. The first-order chi connectivity index (χ1) is 9.61. The van der Waals surface area contributed by atoms with Gasteiger partial charge in [0, 0.05) is 26.1 Å². The number of amides is 1. The minimum absolute atomic E-state index is 0.152. The van der Waals surface area contributed by atoms with Gasteiger partial charge in [-0.2, -0.15) is 5.10 Å². The fourth-order valence-corrected chi connectivity index (χ4v) is 2.21. The number of rotatable bonds is 8. The number of nitrogens with zero attached hydrogens (tertiary/aromatic N) is 2. The molecule has 0 aliphatic heterocycles. The Morgan fingerprint density at radius 2 is 2.25 bits per heavy atom. The molecule has 6 heteroatoms. The number of carbonyl (C=O) groups excluding carboxylic acids is 1. The molecule has 1 aromatic heterocycles. The van der Waals surface area contributed by atoms with Gasteiger partial charge in [-0.15, -0.1) is 0 Å². The number of nitrogen functional groups attached to an aromatic ring is 1. The number of nitrogens with two attached hydrogens (primary N) is 1. The largest absolute Gasteiger partial charge is 0.394 e. The topological polar surface area (TPSA) is 85.0 Å². The van der Waals surface area contributed by atoms with Gasteiger partial charge >= 0.3 is 0 Å². The molecular weight excluding hydrogens is 254 g/mol. The lowest BCUT2D eigenvalue weighted by Crippen LogP contribution is -2.25. The summed E-state index contributed by atoms with van der Waals surface area (Å²) in [4.78, 5) is 11.5. The molecule has 1 fully saturated rings. The third kappa shape index (κ3) is 3.88. The number of hydrogen-bond acceptors (Lipinski definition) is 4. The van der Waals surface area contributed by atoms with Crippen LogP contribution >= 0.6 is 0 Å². The van der Waals surface area contributed by atoms with E-state index in [1.54, 1.807) is 4.68 Å². The second-order valence-electron chi connectivity index (χ2n) is 5.45. The van der Waals surface area contributed by atoms with E-state index in [0.29, 0.717) is 12.5 Å². The van der Waals surface area contributed by atoms with E-state index >= 15 is 0 Å². The van der Waals surface area contributed by atoms with Gasteiger partial charge in [0.05, 0.1) is 11.4 Å². The maximum Gasteiger partial charge on any atom is 0.220 e. The van der Waals surface area contributed by atoms with Crippen LogP contribution in [0.25, 0.3) is 0 Å². The zero-order valence-corrected chi connectivity index (χ0v) is 12.4. The molecule has 0 radical (unpaired) electrons. The van der Waals surface area contributed by atoms with Gasteiger partial charge in [-0.25, -0.2) is 0 Å². The monoisotopic (exact) mass is 279 g/mol. The van der Waals surface area contributed by atoms with E-state index in [4.69, 9.17) is 5.73 Å². The van der Waals surface area contributed by atoms with Crippen molar-refractivity contribution in [2.75, 3.05) is 17.6 Å². The Morgan fingerprint density at radius 1 is 1.50 bits per heavy atom. The molecule has 1 amide bonds. The Balaban J connectivity index is 1.74. The molecule has 0 bridgehead atoms. The van der Waals surface area contributed by atoms with Crippen LogP contribution in [0, 0.1) is 0 Å². The fourth-order valence-electron chi connectivity index (χ4n) is 2.21. The summed E-state index contributed by atoms with van der Waals surface area (Å²) in [6, 6.07) is 0.444. The zero-order valence-electron chi connectivity index (χ0n) is 12.4. The molecule has 1 heterocycles. The number of aryl methyl sites for hydroxylation is 2. The van der Waals surface area contributed by atoms with Gasteiger partial charge < -0.3 is 16.4 Å². The highest BCUT2D eigenvalue weighted by Gasteiger charge is 2.22. The molecule has 2 rings (SSSR count). The molecule has 0 spiro atoms. The number of hydrogen-bond donors (Lipinski definition) is 3. The number of carbonyl (C=O) groups is 1. The molecule has 1 aromatic rings. The Kier molecular flexibility index (Phi) is 4.87. The third-order valence-electron chi connectivity index (χ3n) is 3.46. The molecule has 0 saturated heterocycles. The molecule has 112 valence electrons. The summed E-state index contributed by atoms with van der Waals surface area (Å²) in [5.74, 6) is 1.01. The van der Waals surface area contributed by atoms with Crippen LogP contribution in [0.5, 0.6) is 0 Å².